The van der Waals surface area contributed by atoms with Gasteiger partial charge in [0.1, 0.15) is 29.9 Å². The lowest BCUT2D eigenvalue weighted by Crippen LogP contribution is -2.58. The van der Waals surface area contributed by atoms with E-state index in [9.17, 15) is 33.9 Å². The molecule has 0 aromatic heterocycles. The van der Waals surface area contributed by atoms with Crippen molar-refractivity contribution in [3.05, 3.63) is 75.4 Å². The van der Waals surface area contributed by atoms with Crippen LogP contribution in [0.1, 0.15) is 36.8 Å². The Bertz CT molecular complexity index is 1960. The first-order chi connectivity index (χ1) is 27.3. The third-order valence-corrected chi connectivity index (χ3v) is 10.4. The van der Waals surface area contributed by atoms with Gasteiger partial charge in [-0.25, -0.2) is 0 Å². The Morgan fingerprint density at radius 2 is 1.49 bits per heavy atom. The predicted molar refractivity (Wildman–Crippen MR) is 224 cm³/mol. The van der Waals surface area contributed by atoms with Gasteiger partial charge in [-0.1, -0.05) is 48.5 Å². The molecule has 1 fully saturated rings. The average Bonchev–Trinajstić information content (AvgIpc) is 3.20. The number of hydrogen-bond donors (Lipinski definition) is 9. The molecule has 1 heterocycles. The number of halogens is 1. The summed E-state index contributed by atoms with van der Waals surface area (Å²) in [5, 5.41) is 28.6. The summed E-state index contributed by atoms with van der Waals surface area (Å²) in [5.74, 6) is -3.41. The van der Waals surface area contributed by atoms with E-state index in [1.807, 2.05) is 65.1 Å². The average molecular weight is 899 g/mol. The number of rotatable bonds is 13. The van der Waals surface area contributed by atoms with Crippen molar-refractivity contribution < 1.29 is 33.9 Å². The number of phenolic OH excluding ortho intramolecular Hbond substituents is 1. The predicted octanol–water partition coefficient (Wildman–Crippen LogP) is -0.484. The minimum atomic E-state index is -1.20. The number of aliphatic imine (C=N–C) groups is 1. The van der Waals surface area contributed by atoms with E-state index in [-0.39, 0.29) is 56.9 Å². The number of phenols is 1. The van der Waals surface area contributed by atoms with Crippen LogP contribution in [0.5, 0.6) is 5.75 Å². The van der Waals surface area contributed by atoms with Crippen molar-refractivity contribution in [1.82, 2.24) is 36.8 Å². The number of hydrogen-bond acceptors (Lipinski definition) is 9. The highest BCUT2D eigenvalue weighted by Gasteiger charge is 2.35. The molecule has 0 saturated carbocycles. The van der Waals surface area contributed by atoms with Crippen LogP contribution in [0.15, 0.2) is 65.7 Å². The lowest BCUT2D eigenvalue weighted by molar-refractivity contribution is -0.142. The lowest BCUT2D eigenvalue weighted by atomic mass is 10.00. The summed E-state index contributed by atoms with van der Waals surface area (Å²) >= 11 is 1.95. The van der Waals surface area contributed by atoms with Gasteiger partial charge in [-0.05, 0) is 82.3 Å². The summed E-state index contributed by atoms with van der Waals surface area (Å²) in [4.78, 5) is 86.9. The van der Waals surface area contributed by atoms with Gasteiger partial charge in [0.25, 0.3) is 0 Å². The summed E-state index contributed by atoms with van der Waals surface area (Å²) in [6, 6.07) is 13.5. The Labute approximate surface area is 344 Å². The Balaban J connectivity index is 1.71. The standard InChI is InChI=1S/C39H51IN10O7/c1-43-39(42)45-16-5-9-28-36(55)49-29(19-23-11-13-25-7-3-4-8-26(25)17-23)35(54)46-22-34(53)47-30(20-24-12-14-32(51)27(40)18-24)38(57)50(2)31(37(56)48-28)10-6-15-44-33(52)21-41/h3-4,7-8,11-14,17-18,28-31,51H,5-6,9-10,15-16,19-22,41H2,1-2H3,(H,44,52)(H,46,54)(H,47,53)(H,48,56)(H,49,55)(H3,42,43,45)/t28-,29-,30+,31+/m0/s1. The lowest BCUT2D eigenvalue weighted by Gasteiger charge is -2.32. The number of nitrogens with two attached hydrogens (primary N) is 2. The quantitative estimate of drug-likeness (QED) is 0.0461. The van der Waals surface area contributed by atoms with Gasteiger partial charge in [-0.2, -0.15) is 0 Å². The van der Waals surface area contributed by atoms with Gasteiger partial charge in [-0.15, -0.1) is 0 Å². The van der Waals surface area contributed by atoms with Gasteiger partial charge in [0.15, 0.2) is 5.96 Å². The summed E-state index contributed by atoms with van der Waals surface area (Å²) in [6.45, 7) is -0.257. The van der Waals surface area contributed by atoms with Crippen LogP contribution in [-0.2, 0) is 41.6 Å². The van der Waals surface area contributed by atoms with Crippen LogP contribution < -0.4 is 43.4 Å². The number of nitrogens with zero attached hydrogens (tertiary/aromatic N) is 2. The van der Waals surface area contributed by atoms with Crippen molar-refractivity contribution in [2.45, 2.75) is 62.7 Å². The number of amides is 6. The molecule has 1 aliphatic rings. The maximum absolute atomic E-state index is 14.3. The summed E-state index contributed by atoms with van der Waals surface area (Å²) in [5.41, 5.74) is 12.6. The Kier molecular flexibility index (Phi) is 16.8. The van der Waals surface area contributed by atoms with E-state index in [2.05, 4.69) is 36.9 Å². The van der Waals surface area contributed by atoms with E-state index in [4.69, 9.17) is 11.5 Å². The summed E-state index contributed by atoms with van der Waals surface area (Å²) in [7, 11) is 2.95. The minimum Gasteiger partial charge on any atom is -0.507 e. The highest BCUT2D eigenvalue weighted by Crippen LogP contribution is 2.22. The molecular formula is C39H51IN10O7. The third-order valence-electron chi connectivity index (χ3n) is 9.52. The zero-order chi connectivity index (χ0) is 41.5. The van der Waals surface area contributed by atoms with Crippen molar-refractivity contribution >= 4 is 74.8 Å². The van der Waals surface area contributed by atoms with Crippen molar-refractivity contribution in [1.29, 1.82) is 0 Å². The number of aromatic hydroxyl groups is 1. The van der Waals surface area contributed by atoms with Gasteiger partial charge in [0, 0.05) is 40.0 Å². The molecule has 17 nitrogen and oxygen atoms in total. The maximum Gasteiger partial charge on any atom is 0.245 e. The molecule has 1 saturated heterocycles. The molecule has 4 atom stereocenters. The fraction of sp³-hybridized carbons (Fsp3) is 0.410. The van der Waals surface area contributed by atoms with Crippen LogP contribution in [0, 0.1) is 3.57 Å². The van der Waals surface area contributed by atoms with E-state index in [1.165, 1.54) is 25.1 Å². The van der Waals surface area contributed by atoms with E-state index < -0.39 is 66.2 Å². The van der Waals surface area contributed by atoms with Gasteiger partial charge in [-0.3, -0.25) is 33.8 Å². The minimum absolute atomic E-state index is 0.00944. The Hall–Kier alpha value is -5.50. The van der Waals surface area contributed by atoms with Gasteiger partial charge in [0.2, 0.25) is 35.4 Å². The summed E-state index contributed by atoms with van der Waals surface area (Å²) < 4.78 is 0.527. The van der Waals surface area contributed by atoms with Crippen LogP contribution in [0.25, 0.3) is 10.8 Å². The van der Waals surface area contributed by atoms with Crippen LogP contribution in [0.3, 0.4) is 0 Å². The Morgan fingerprint density at radius 3 is 2.21 bits per heavy atom. The van der Waals surface area contributed by atoms with Crippen LogP contribution in [-0.4, -0.2) is 116 Å². The van der Waals surface area contributed by atoms with E-state index >= 15 is 0 Å². The van der Waals surface area contributed by atoms with Crippen molar-refractivity contribution in [2.75, 3.05) is 40.3 Å². The van der Waals surface area contributed by atoms with Crippen molar-refractivity contribution in [3.63, 3.8) is 0 Å². The first-order valence-electron chi connectivity index (χ1n) is 18.6. The first-order valence-corrected chi connectivity index (χ1v) is 19.7. The second-order valence-corrected chi connectivity index (χ2v) is 14.8. The fourth-order valence-electron chi connectivity index (χ4n) is 6.37. The molecule has 3 aromatic carbocycles. The molecule has 4 rings (SSSR count). The smallest absolute Gasteiger partial charge is 0.245 e. The molecule has 57 heavy (non-hydrogen) atoms. The SMILES string of the molecule is CN=C(N)NCCC[C@@H]1NC(=O)[C@@H](CCCNC(=O)CN)N(C)C(=O)[C@@H](Cc2ccc(O)c(I)c2)NC(=O)CNC(=O)[C@H](Cc2ccc3ccccc3c2)NC1=O. The number of nitrogens with one attached hydrogen (secondary N) is 6. The molecule has 306 valence electrons. The molecule has 0 unspecified atom stereocenters. The monoisotopic (exact) mass is 898 g/mol. The van der Waals surface area contributed by atoms with Gasteiger partial charge >= 0.3 is 0 Å². The topological polar surface area (TPSA) is 262 Å². The van der Waals surface area contributed by atoms with Crippen molar-refractivity contribution in [3.8, 4) is 5.75 Å². The molecule has 18 heteroatoms. The number of carbonyl (C=O) groups is 6. The van der Waals surface area contributed by atoms with Crippen LogP contribution in [0.4, 0.5) is 0 Å². The summed E-state index contributed by atoms with van der Waals surface area (Å²) in [6.07, 6.45) is 0.857. The second kappa shape index (κ2) is 21.7. The fourth-order valence-corrected chi connectivity index (χ4v) is 6.95. The van der Waals surface area contributed by atoms with Crippen LogP contribution in [0.2, 0.25) is 0 Å². The highest BCUT2D eigenvalue weighted by atomic mass is 127. The number of carbonyl (C=O) groups excluding carboxylic acids is 6. The zero-order valence-electron chi connectivity index (χ0n) is 32.0. The molecule has 0 bridgehead atoms. The molecule has 11 N–H and O–H groups in total. The number of fused-ring (bicyclic) bond motifs is 1. The molecule has 6 amide bonds. The number of likely N-dealkylation sites (N-methyl/N-ethyl adjacent to an activating group) is 1. The van der Waals surface area contributed by atoms with E-state index in [1.54, 1.807) is 12.1 Å². The highest BCUT2D eigenvalue weighted by molar-refractivity contribution is 14.1. The van der Waals surface area contributed by atoms with Gasteiger partial charge in [0.05, 0.1) is 16.7 Å². The first kappa shape index (κ1) is 44.2. The maximum atomic E-state index is 14.3. The number of benzene rings is 3. The Morgan fingerprint density at radius 1 is 0.842 bits per heavy atom. The van der Waals surface area contributed by atoms with E-state index in [0.717, 1.165) is 16.3 Å². The van der Waals surface area contributed by atoms with E-state index in [0.29, 0.717) is 22.1 Å². The molecule has 1 aliphatic heterocycles. The zero-order valence-corrected chi connectivity index (χ0v) is 34.1. The molecule has 3 aromatic rings. The number of guanidine groups is 1. The molecule has 0 spiro atoms. The third kappa shape index (κ3) is 13.3. The largest absolute Gasteiger partial charge is 0.507 e. The van der Waals surface area contributed by atoms with Gasteiger partial charge < -0.3 is 53.4 Å². The van der Waals surface area contributed by atoms with Crippen molar-refractivity contribution in [2.24, 2.45) is 16.5 Å². The molecular weight excluding hydrogens is 847 g/mol. The molecule has 0 radical (unpaired) electrons. The molecule has 0 aliphatic carbocycles. The normalized spacial score (nSPS) is 20.1. The second-order valence-electron chi connectivity index (χ2n) is 13.7. The van der Waals surface area contributed by atoms with Crippen LogP contribution >= 0.6 is 22.6 Å².